The molecule has 3 aromatic rings. The number of nitrogens with zero attached hydrogens (tertiary/aromatic N) is 3. The summed E-state index contributed by atoms with van der Waals surface area (Å²) in [6, 6.07) is 7.26. The van der Waals surface area contributed by atoms with E-state index in [-0.39, 0.29) is 31.5 Å². The molecule has 32 heavy (non-hydrogen) atoms. The predicted octanol–water partition coefficient (Wildman–Crippen LogP) is 4.08. The smallest absolute Gasteiger partial charge is 0.342 e. The molecule has 0 aliphatic carbocycles. The molecule has 3 N–H and O–H groups in total. The van der Waals surface area contributed by atoms with Crippen LogP contribution in [0.5, 0.6) is 17.2 Å². The van der Waals surface area contributed by atoms with E-state index in [1.807, 2.05) is 0 Å². The van der Waals surface area contributed by atoms with Crippen LogP contribution in [0.4, 0.5) is 5.69 Å². The molecule has 0 aliphatic rings. The molecule has 166 valence electrons. The highest BCUT2D eigenvalue weighted by Gasteiger charge is 2.19. The molecule has 0 radical (unpaired) electrons. The molecule has 11 nitrogen and oxygen atoms in total. The van der Waals surface area contributed by atoms with Crippen LogP contribution in [0, 0.1) is 10.1 Å². The number of carbonyl (C=O) groups is 1. The molecule has 0 bridgehead atoms. The summed E-state index contributed by atoms with van der Waals surface area (Å²) in [4.78, 5) is 26.2. The summed E-state index contributed by atoms with van der Waals surface area (Å²) in [6.07, 6.45) is 1.10. The largest absolute Gasteiger partial charge is 0.506 e. The first-order valence-electron chi connectivity index (χ1n) is 8.67. The number of phenols is 1. The van der Waals surface area contributed by atoms with Crippen molar-refractivity contribution in [3.63, 3.8) is 0 Å². The van der Waals surface area contributed by atoms with E-state index in [0.717, 1.165) is 18.2 Å². The molecule has 1 aromatic heterocycles. The van der Waals surface area contributed by atoms with Gasteiger partial charge in [-0.1, -0.05) is 0 Å². The topological polar surface area (TPSA) is 161 Å². The van der Waals surface area contributed by atoms with Gasteiger partial charge in [-0.3, -0.25) is 15.2 Å². The monoisotopic (exact) mass is 522 g/mol. The molecule has 0 aliphatic heterocycles. The molecule has 0 amide bonds. The van der Waals surface area contributed by atoms with Crippen molar-refractivity contribution in [3.05, 3.63) is 55.4 Å². The van der Waals surface area contributed by atoms with Crippen LogP contribution >= 0.6 is 27.7 Å². The van der Waals surface area contributed by atoms with Gasteiger partial charge in [0.2, 0.25) is 5.16 Å². The molecule has 0 saturated heterocycles. The van der Waals surface area contributed by atoms with E-state index in [1.165, 1.54) is 14.2 Å². The van der Waals surface area contributed by atoms with E-state index >= 15 is 0 Å². The Morgan fingerprint density at radius 1 is 1.22 bits per heavy atom. The van der Waals surface area contributed by atoms with Crippen molar-refractivity contribution in [2.45, 2.75) is 5.16 Å². The zero-order valence-electron chi connectivity index (χ0n) is 16.5. The minimum absolute atomic E-state index is 0.0516. The normalized spacial score (nSPS) is 11.3. The lowest BCUT2D eigenvalue weighted by Gasteiger charge is -2.06. The highest BCUT2D eigenvalue weighted by molar-refractivity contribution is 9.10. The number of thioether (sulfide) groups is 1. The molecule has 1 heterocycles. The van der Waals surface area contributed by atoms with Crippen molar-refractivity contribution < 1.29 is 29.4 Å². The summed E-state index contributed by atoms with van der Waals surface area (Å²) in [5.41, 5.74) is 0.230. The van der Waals surface area contributed by atoms with Gasteiger partial charge < -0.3 is 19.7 Å². The number of nitro benzene ring substituents is 1. The Hall–Kier alpha value is -3.58. The number of non-ortho nitro benzene ring substituents is 1. The third-order valence-electron chi connectivity index (χ3n) is 4.08. The van der Waals surface area contributed by atoms with E-state index in [9.17, 15) is 25.1 Å². The Morgan fingerprint density at radius 2 is 1.88 bits per heavy atom. The molecule has 0 unspecified atom stereocenters. The van der Waals surface area contributed by atoms with Crippen LogP contribution in [0.25, 0.3) is 17.5 Å². The van der Waals surface area contributed by atoms with Crippen molar-refractivity contribution in [3.8, 4) is 28.6 Å². The zero-order valence-corrected chi connectivity index (χ0v) is 18.9. The number of phenolic OH excluding ortho intramolecular Hbond substituents is 1. The molecule has 2 aromatic carbocycles. The van der Waals surface area contributed by atoms with Gasteiger partial charge in [0.1, 0.15) is 22.2 Å². The van der Waals surface area contributed by atoms with Crippen LogP contribution in [0.3, 0.4) is 0 Å². The molecule has 0 spiro atoms. The van der Waals surface area contributed by atoms with Gasteiger partial charge in [-0.2, -0.15) is 0 Å². The zero-order chi connectivity index (χ0) is 23.4. The summed E-state index contributed by atoms with van der Waals surface area (Å²) < 4.78 is 10.5. The highest BCUT2D eigenvalue weighted by atomic mass is 79.9. The van der Waals surface area contributed by atoms with Crippen LogP contribution in [-0.2, 0) is 4.79 Å². The number of methoxy groups -OCH3 is 2. The molecule has 3 rings (SSSR count). The maximum absolute atomic E-state index is 11.8. The second-order valence-electron chi connectivity index (χ2n) is 6.11. The number of hydrogen-bond acceptors (Lipinski definition) is 9. The minimum atomic E-state index is -1.33. The first-order chi connectivity index (χ1) is 15.2. The van der Waals surface area contributed by atoms with Gasteiger partial charge in [0.25, 0.3) is 5.69 Å². The Bertz CT molecular complexity index is 1210. The summed E-state index contributed by atoms with van der Waals surface area (Å²) in [5, 5.41) is 37.6. The van der Waals surface area contributed by atoms with Gasteiger partial charge >= 0.3 is 5.97 Å². The van der Waals surface area contributed by atoms with Crippen LogP contribution in [-0.4, -0.2) is 50.5 Å². The van der Waals surface area contributed by atoms with Gasteiger partial charge in [0, 0.05) is 29.3 Å². The Labute approximate surface area is 193 Å². The third kappa shape index (κ3) is 5.18. The van der Waals surface area contributed by atoms with Crippen LogP contribution < -0.4 is 9.47 Å². The van der Waals surface area contributed by atoms with Gasteiger partial charge in [0.15, 0.2) is 5.82 Å². The van der Waals surface area contributed by atoms with Crippen LogP contribution in [0.2, 0.25) is 0 Å². The number of carboxylic acids is 1. The quantitative estimate of drug-likeness (QED) is 0.170. The van der Waals surface area contributed by atoms with E-state index in [0.29, 0.717) is 34.6 Å². The van der Waals surface area contributed by atoms with Gasteiger partial charge in [0.05, 0.1) is 23.6 Å². The number of ether oxygens (including phenoxy) is 2. The Morgan fingerprint density at radius 3 is 2.44 bits per heavy atom. The Balaban J connectivity index is 1.95. The molecular formula is C19H15BrN4O7S. The minimum Gasteiger partial charge on any atom is -0.506 e. The average Bonchev–Trinajstić information content (AvgIpc) is 3.24. The van der Waals surface area contributed by atoms with E-state index in [4.69, 9.17) is 9.47 Å². The summed E-state index contributed by atoms with van der Waals surface area (Å²) in [6.45, 7) is 0. The first-order valence-corrected chi connectivity index (χ1v) is 10.3. The maximum Gasteiger partial charge on any atom is 0.342 e. The lowest BCUT2D eigenvalue weighted by molar-refractivity contribution is -0.385. The van der Waals surface area contributed by atoms with E-state index in [1.54, 1.807) is 18.2 Å². The lowest BCUT2D eigenvalue weighted by Crippen LogP contribution is -1.98. The average molecular weight is 523 g/mol. The standard InChI is InChI=1S/C19H15BrN4O7S/c1-30-12-4-10(5-13(8-12)31-2)17-21-19(23-22-17)32-15(18(26)27)6-9-3-11(24(28)29)7-14(20)16(9)25/h3-8,25H,1-2H3,(H,26,27)(H,21,22,23)/b15-6-. The number of H-pyrrole nitrogens is 1. The summed E-state index contributed by atoms with van der Waals surface area (Å²) in [5.74, 6) is -0.262. The van der Waals surface area contributed by atoms with Gasteiger partial charge in [-0.25, -0.2) is 9.78 Å². The molecule has 0 saturated carbocycles. The Kier molecular flexibility index (Phi) is 7.00. The molecule has 0 atom stereocenters. The number of nitrogens with one attached hydrogen (secondary N) is 1. The number of aromatic hydroxyl groups is 1. The van der Waals surface area contributed by atoms with Crippen molar-refractivity contribution in [1.82, 2.24) is 15.2 Å². The second-order valence-corrected chi connectivity index (χ2v) is 7.97. The SMILES string of the molecule is COc1cc(OC)cc(-c2nc(S/C(=C\c3cc([N+](=O)[O-])cc(Br)c3O)C(=O)O)n[nH]2)c1. The first kappa shape index (κ1) is 23.1. The second kappa shape index (κ2) is 9.70. The number of benzene rings is 2. The summed E-state index contributed by atoms with van der Waals surface area (Å²) in [7, 11) is 3.01. The van der Waals surface area contributed by atoms with E-state index in [2.05, 4.69) is 31.1 Å². The fourth-order valence-electron chi connectivity index (χ4n) is 2.56. The number of aromatic amines is 1. The fraction of sp³-hybridized carbons (Fsp3) is 0.105. The number of hydrogen-bond donors (Lipinski definition) is 3. The van der Waals surface area contributed by atoms with Crippen molar-refractivity contribution in [1.29, 1.82) is 0 Å². The van der Waals surface area contributed by atoms with E-state index < -0.39 is 10.9 Å². The molecule has 13 heteroatoms. The number of halogens is 1. The van der Waals surface area contributed by atoms with Crippen molar-refractivity contribution in [2.24, 2.45) is 0 Å². The van der Waals surface area contributed by atoms with Crippen molar-refractivity contribution in [2.75, 3.05) is 14.2 Å². The number of nitro groups is 1. The predicted molar refractivity (Wildman–Crippen MR) is 119 cm³/mol. The molecule has 0 fully saturated rings. The molecular weight excluding hydrogens is 508 g/mol. The van der Waals surface area contributed by atoms with Gasteiger partial charge in [-0.05, 0) is 45.9 Å². The third-order valence-corrected chi connectivity index (χ3v) is 5.56. The number of carboxylic acid groups (broad SMARTS) is 1. The lowest BCUT2D eigenvalue weighted by atomic mass is 10.1. The fourth-order valence-corrected chi connectivity index (χ4v) is 3.72. The highest BCUT2D eigenvalue weighted by Crippen LogP contribution is 2.36. The van der Waals surface area contributed by atoms with Gasteiger partial charge in [-0.15, -0.1) is 5.10 Å². The van der Waals surface area contributed by atoms with Crippen LogP contribution in [0.1, 0.15) is 5.56 Å². The number of rotatable bonds is 8. The number of aromatic nitrogens is 3. The van der Waals surface area contributed by atoms with Crippen LogP contribution in [0.15, 0.2) is 44.9 Å². The van der Waals surface area contributed by atoms with Crippen molar-refractivity contribution >= 4 is 45.4 Å². The maximum atomic E-state index is 11.8. The number of aliphatic carboxylic acids is 1. The summed E-state index contributed by atoms with van der Waals surface area (Å²) >= 11 is 3.73.